The first-order valence-corrected chi connectivity index (χ1v) is 11.8. The molecule has 3 rings (SSSR count). The average Bonchev–Trinajstić information content (AvgIpc) is 2.77. The molecule has 30 heavy (non-hydrogen) atoms. The molecule has 0 radical (unpaired) electrons. The van der Waals surface area contributed by atoms with Gasteiger partial charge in [0.2, 0.25) is 10.0 Å². The molecule has 8 nitrogen and oxygen atoms in total. The van der Waals surface area contributed by atoms with Crippen LogP contribution in [0.4, 0.5) is 5.69 Å². The lowest BCUT2D eigenvalue weighted by atomic mass is 10.1. The minimum absolute atomic E-state index is 0.135. The molecule has 9 heteroatoms. The van der Waals surface area contributed by atoms with Crippen molar-refractivity contribution in [2.75, 3.05) is 70.6 Å². The predicted octanol–water partition coefficient (Wildman–Crippen LogP) is 1.58. The zero-order valence-corrected chi connectivity index (χ0v) is 18.6. The minimum atomic E-state index is -3.70. The van der Waals surface area contributed by atoms with Crippen LogP contribution in [0, 0.1) is 0 Å². The molecule has 0 bridgehead atoms. The van der Waals surface area contributed by atoms with Gasteiger partial charge in [-0.1, -0.05) is 12.2 Å². The lowest BCUT2D eigenvalue weighted by molar-refractivity contribution is 0.0730. The second-order valence-corrected chi connectivity index (χ2v) is 9.51. The summed E-state index contributed by atoms with van der Waals surface area (Å²) >= 11 is 0. The number of amides is 1. The van der Waals surface area contributed by atoms with E-state index < -0.39 is 10.0 Å². The van der Waals surface area contributed by atoms with Crippen molar-refractivity contribution in [1.29, 1.82) is 0 Å². The number of hydrogen-bond donors (Lipinski definition) is 0. The summed E-state index contributed by atoms with van der Waals surface area (Å²) in [6.07, 6.45) is 0. The molecule has 0 saturated carbocycles. The van der Waals surface area contributed by atoms with Crippen LogP contribution in [0.3, 0.4) is 0 Å². The SMILES string of the molecule is C=C(C)CN(CC)C(=O)c1cc(S(=O)(=O)N2CCOCC2)ccc1N1CCOCC1. The summed E-state index contributed by atoms with van der Waals surface area (Å²) in [4.78, 5) is 17.3. The molecule has 0 unspecified atom stereocenters. The number of hydrogen-bond acceptors (Lipinski definition) is 6. The van der Waals surface area contributed by atoms with E-state index in [1.807, 2.05) is 13.8 Å². The van der Waals surface area contributed by atoms with Crippen molar-refractivity contribution >= 4 is 21.6 Å². The monoisotopic (exact) mass is 437 g/mol. The summed E-state index contributed by atoms with van der Waals surface area (Å²) < 4.78 is 38.5. The summed E-state index contributed by atoms with van der Waals surface area (Å²) in [5.74, 6) is -0.194. The van der Waals surface area contributed by atoms with Crippen molar-refractivity contribution in [3.8, 4) is 0 Å². The van der Waals surface area contributed by atoms with Crippen LogP contribution in [0.25, 0.3) is 0 Å². The first-order chi connectivity index (χ1) is 14.3. The fourth-order valence-corrected chi connectivity index (χ4v) is 5.12. The Labute approximate surface area is 179 Å². The van der Waals surface area contributed by atoms with Gasteiger partial charge in [-0.2, -0.15) is 4.31 Å². The van der Waals surface area contributed by atoms with Crippen molar-refractivity contribution in [2.45, 2.75) is 18.7 Å². The number of nitrogens with zero attached hydrogens (tertiary/aromatic N) is 3. The van der Waals surface area contributed by atoms with E-state index in [0.29, 0.717) is 71.3 Å². The van der Waals surface area contributed by atoms with Gasteiger partial charge in [0.1, 0.15) is 0 Å². The first kappa shape index (κ1) is 22.7. The van der Waals surface area contributed by atoms with E-state index in [-0.39, 0.29) is 10.8 Å². The van der Waals surface area contributed by atoms with E-state index in [9.17, 15) is 13.2 Å². The Balaban J connectivity index is 2.02. The molecule has 0 atom stereocenters. The fourth-order valence-electron chi connectivity index (χ4n) is 3.69. The third-order valence-electron chi connectivity index (χ3n) is 5.29. The number of sulfonamides is 1. The van der Waals surface area contributed by atoms with Crippen LogP contribution in [-0.2, 0) is 19.5 Å². The zero-order valence-electron chi connectivity index (χ0n) is 17.8. The summed E-state index contributed by atoms with van der Waals surface area (Å²) in [6.45, 7) is 12.5. The predicted molar refractivity (Wildman–Crippen MR) is 115 cm³/mol. The maximum absolute atomic E-state index is 13.4. The van der Waals surface area contributed by atoms with E-state index in [1.165, 1.54) is 10.4 Å². The molecule has 2 heterocycles. The van der Waals surface area contributed by atoms with Gasteiger partial charge in [-0.25, -0.2) is 8.42 Å². The Hall–Kier alpha value is -1.94. The van der Waals surface area contributed by atoms with Gasteiger partial charge in [0.15, 0.2) is 0 Å². The van der Waals surface area contributed by atoms with Crippen molar-refractivity contribution in [3.63, 3.8) is 0 Å². The van der Waals surface area contributed by atoms with Crippen molar-refractivity contribution in [2.24, 2.45) is 0 Å². The number of likely N-dealkylation sites (N-methyl/N-ethyl adjacent to an activating group) is 1. The Bertz CT molecular complexity index is 875. The van der Waals surface area contributed by atoms with Gasteiger partial charge in [-0.05, 0) is 32.0 Å². The van der Waals surface area contributed by atoms with Gasteiger partial charge >= 0.3 is 0 Å². The number of morpholine rings is 2. The van der Waals surface area contributed by atoms with Crippen molar-refractivity contribution < 1.29 is 22.7 Å². The lowest BCUT2D eigenvalue weighted by Gasteiger charge is -2.32. The summed E-state index contributed by atoms with van der Waals surface area (Å²) in [7, 11) is -3.70. The van der Waals surface area contributed by atoms with Crippen LogP contribution >= 0.6 is 0 Å². The third-order valence-corrected chi connectivity index (χ3v) is 7.18. The molecule has 0 aliphatic carbocycles. The van der Waals surface area contributed by atoms with E-state index in [4.69, 9.17) is 9.47 Å². The standard InChI is InChI=1S/C21H31N3O5S/c1-4-22(16-17(2)3)21(25)19-15-18(30(26,27)24-9-13-29-14-10-24)5-6-20(19)23-7-11-28-12-8-23/h5-6,15H,2,4,7-14,16H2,1,3H3. The highest BCUT2D eigenvalue weighted by atomic mass is 32.2. The molecule has 0 spiro atoms. The largest absolute Gasteiger partial charge is 0.379 e. The fraction of sp³-hybridized carbons (Fsp3) is 0.571. The Kier molecular flexibility index (Phi) is 7.51. The number of benzene rings is 1. The van der Waals surface area contributed by atoms with Crippen LogP contribution in [0.2, 0.25) is 0 Å². The van der Waals surface area contributed by atoms with Crippen LogP contribution in [-0.4, -0.2) is 89.2 Å². The van der Waals surface area contributed by atoms with Gasteiger partial charge in [-0.3, -0.25) is 4.79 Å². The molecule has 0 aromatic heterocycles. The van der Waals surface area contributed by atoms with Crippen LogP contribution in [0.1, 0.15) is 24.2 Å². The third kappa shape index (κ3) is 5.03. The number of rotatable bonds is 7. The molecule has 2 aliphatic rings. The molecular weight excluding hydrogens is 406 g/mol. The van der Waals surface area contributed by atoms with Crippen LogP contribution in [0.5, 0.6) is 0 Å². The number of carbonyl (C=O) groups excluding carboxylic acids is 1. The quantitative estimate of drug-likeness (QED) is 0.603. The molecule has 2 aliphatic heterocycles. The molecule has 2 saturated heterocycles. The molecule has 1 amide bonds. The van der Waals surface area contributed by atoms with Gasteiger partial charge in [0.05, 0.1) is 36.9 Å². The Morgan fingerprint density at radius 2 is 1.70 bits per heavy atom. The Morgan fingerprint density at radius 3 is 2.27 bits per heavy atom. The smallest absolute Gasteiger partial charge is 0.256 e. The maximum Gasteiger partial charge on any atom is 0.256 e. The molecule has 1 aromatic carbocycles. The summed E-state index contributed by atoms with van der Waals surface area (Å²) in [6, 6.07) is 4.88. The normalized spacial score (nSPS) is 18.3. The molecule has 166 valence electrons. The number of ether oxygens (including phenoxy) is 2. The number of anilines is 1. The van der Waals surface area contributed by atoms with E-state index in [1.54, 1.807) is 17.0 Å². The van der Waals surface area contributed by atoms with Gasteiger partial charge < -0.3 is 19.3 Å². The zero-order chi connectivity index (χ0) is 21.7. The highest BCUT2D eigenvalue weighted by molar-refractivity contribution is 7.89. The Morgan fingerprint density at radius 1 is 1.10 bits per heavy atom. The van der Waals surface area contributed by atoms with E-state index in [0.717, 1.165) is 11.3 Å². The molecular formula is C21H31N3O5S. The second-order valence-electron chi connectivity index (χ2n) is 7.57. The van der Waals surface area contributed by atoms with Gasteiger partial charge in [0, 0.05) is 45.0 Å². The second kappa shape index (κ2) is 9.91. The minimum Gasteiger partial charge on any atom is -0.379 e. The molecule has 0 N–H and O–H groups in total. The van der Waals surface area contributed by atoms with Gasteiger partial charge in [-0.15, -0.1) is 0 Å². The van der Waals surface area contributed by atoms with Crippen LogP contribution < -0.4 is 4.90 Å². The lowest BCUT2D eigenvalue weighted by Crippen LogP contribution is -2.41. The van der Waals surface area contributed by atoms with Gasteiger partial charge in [0.25, 0.3) is 5.91 Å². The molecule has 1 aromatic rings. The first-order valence-electron chi connectivity index (χ1n) is 10.3. The summed E-state index contributed by atoms with van der Waals surface area (Å²) in [5, 5.41) is 0. The molecule has 2 fully saturated rings. The van der Waals surface area contributed by atoms with E-state index in [2.05, 4.69) is 11.5 Å². The topological polar surface area (TPSA) is 79.4 Å². The summed E-state index contributed by atoms with van der Waals surface area (Å²) in [5.41, 5.74) is 2.01. The highest BCUT2D eigenvalue weighted by Crippen LogP contribution is 2.28. The average molecular weight is 438 g/mol. The van der Waals surface area contributed by atoms with Crippen molar-refractivity contribution in [3.05, 3.63) is 35.9 Å². The number of carbonyl (C=O) groups is 1. The van der Waals surface area contributed by atoms with Crippen LogP contribution in [0.15, 0.2) is 35.2 Å². The highest BCUT2D eigenvalue weighted by Gasteiger charge is 2.29. The van der Waals surface area contributed by atoms with Crippen molar-refractivity contribution in [1.82, 2.24) is 9.21 Å². The van der Waals surface area contributed by atoms with E-state index >= 15 is 0 Å². The maximum atomic E-state index is 13.4.